The summed E-state index contributed by atoms with van der Waals surface area (Å²) in [6.07, 6.45) is 0. The molecule has 242 valence electrons. The van der Waals surface area contributed by atoms with Crippen molar-refractivity contribution >= 4 is 65.4 Å². The molecule has 0 aliphatic carbocycles. The van der Waals surface area contributed by atoms with Gasteiger partial charge in [0.25, 0.3) is 0 Å². The van der Waals surface area contributed by atoms with Crippen LogP contribution in [0.4, 0.5) is 0 Å². The van der Waals surface area contributed by atoms with Crippen LogP contribution in [0.3, 0.4) is 0 Å². The molecule has 0 spiro atoms. The molecule has 0 atom stereocenters. The number of hydrogen-bond donors (Lipinski definition) is 0. The Balaban J connectivity index is 1.16. The molecule has 4 heteroatoms. The molecule has 0 radical (unpaired) electrons. The van der Waals surface area contributed by atoms with Crippen LogP contribution in [0.15, 0.2) is 180 Å². The number of furan rings is 1. The molecule has 52 heavy (non-hydrogen) atoms. The minimum Gasteiger partial charge on any atom is -0.456 e. The number of hydrogen-bond acceptors (Lipinski definition) is 3. The Labute approximate surface area is 298 Å². The molecule has 4 nitrogen and oxygen atoms in total. The zero-order valence-electron chi connectivity index (χ0n) is 28.0. The van der Waals surface area contributed by atoms with Gasteiger partial charge in [-0.3, -0.25) is 0 Å². The van der Waals surface area contributed by atoms with Gasteiger partial charge in [-0.25, -0.2) is 9.97 Å². The lowest BCUT2D eigenvalue weighted by Crippen LogP contribution is -1.96. The minimum atomic E-state index is 0.660. The summed E-state index contributed by atoms with van der Waals surface area (Å²) < 4.78 is 9.06. The van der Waals surface area contributed by atoms with E-state index in [4.69, 9.17) is 14.4 Å². The van der Waals surface area contributed by atoms with Crippen molar-refractivity contribution in [2.75, 3.05) is 0 Å². The van der Waals surface area contributed by atoms with E-state index in [1.165, 1.54) is 27.2 Å². The van der Waals surface area contributed by atoms with Crippen molar-refractivity contribution in [1.29, 1.82) is 0 Å². The maximum Gasteiger partial charge on any atom is 0.160 e. The van der Waals surface area contributed by atoms with E-state index in [0.29, 0.717) is 5.82 Å². The van der Waals surface area contributed by atoms with E-state index in [1.807, 2.05) is 18.2 Å². The van der Waals surface area contributed by atoms with Crippen LogP contribution in [0.2, 0.25) is 0 Å². The van der Waals surface area contributed by atoms with Gasteiger partial charge in [-0.1, -0.05) is 121 Å². The summed E-state index contributed by atoms with van der Waals surface area (Å²) >= 11 is 0. The Morgan fingerprint density at radius 3 is 1.81 bits per heavy atom. The van der Waals surface area contributed by atoms with Gasteiger partial charge in [0.1, 0.15) is 11.2 Å². The zero-order chi connectivity index (χ0) is 34.2. The predicted molar refractivity (Wildman–Crippen MR) is 215 cm³/mol. The first-order valence-corrected chi connectivity index (χ1v) is 17.6. The minimum absolute atomic E-state index is 0.660. The van der Waals surface area contributed by atoms with Gasteiger partial charge in [0.05, 0.1) is 22.2 Å². The van der Waals surface area contributed by atoms with E-state index < -0.39 is 0 Å². The second-order valence-electron chi connectivity index (χ2n) is 13.4. The number of aromatic nitrogens is 3. The molecule has 0 N–H and O–H groups in total. The van der Waals surface area contributed by atoms with E-state index in [1.54, 1.807) is 0 Å². The fraction of sp³-hybridized carbons (Fsp3) is 0. The summed E-state index contributed by atoms with van der Waals surface area (Å²) in [6, 6.07) is 62.0. The lowest BCUT2D eigenvalue weighted by atomic mass is 9.95. The topological polar surface area (TPSA) is 43.9 Å². The van der Waals surface area contributed by atoms with Crippen LogP contribution < -0.4 is 0 Å². The number of rotatable bonds is 4. The summed E-state index contributed by atoms with van der Waals surface area (Å²) in [5.74, 6) is 0.660. The lowest BCUT2D eigenvalue weighted by molar-refractivity contribution is 0.669. The number of para-hydroxylation sites is 3. The first-order chi connectivity index (χ1) is 25.8. The molecule has 0 amide bonds. The molecule has 0 saturated carbocycles. The standard InChI is InChI=1S/C48H29N3O/c1-2-12-31(13-3-1)47-38-18-6-9-19-41(38)49-48(50-47)34-27-39(46-40-26-32-14-4-5-15-33(32)28-44(40)52-45(46)29-34)30-22-24-35(25-23-30)51-42-20-10-7-16-36(42)37-17-8-11-21-43(37)51/h1-29H. The number of benzene rings is 8. The molecule has 11 aromatic rings. The summed E-state index contributed by atoms with van der Waals surface area (Å²) in [7, 11) is 0. The Morgan fingerprint density at radius 2 is 1.06 bits per heavy atom. The van der Waals surface area contributed by atoms with Crippen molar-refractivity contribution < 1.29 is 4.42 Å². The maximum absolute atomic E-state index is 6.71. The first kappa shape index (κ1) is 28.8. The Morgan fingerprint density at radius 1 is 0.423 bits per heavy atom. The highest BCUT2D eigenvalue weighted by Crippen LogP contribution is 2.42. The smallest absolute Gasteiger partial charge is 0.160 e. The van der Waals surface area contributed by atoms with Crippen LogP contribution in [-0.2, 0) is 0 Å². The highest BCUT2D eigenvalue weighted by Gasteiger charge is 2.19. The highest BCUT2D eigenvalue weighted by molar-refractivity contribution is 6.16. The van der Waals surface area contributed by atoms with Crippen molar-refractivity contribution in [2.24, 2.45) is 0 Å². The van der Waals surface area contributed by atoms with Gasteiger partial charge < -0.3 is 8.98 Å². The van der Waals surface area contributed by atoms with Crippen molar-refractivity contribution in [3.05, 3.63) is 176 Å². The molecule has 0 aliphatic heterocycles. The van der Waals surface area contributed by atoms with Gasteiger partial charge in [-0.05, 0) is 76.5 Å². The molecule has 0 bridgehead atoms. The monoisotopic (exact) mass is 663 g/mol. The third-order valence-electron chi connectivity index (χ3n) is 10.4. The van der Waals surface area contributed by atoms with Gasteiger partial charge >= 0.3 is 0 Å². The summed E-state index contributed by atoms with van der Waals surface area (Å²) in [4.78, 5) is 10.4. The van der Waals surface area contributed by atoms with Crippen LogP contribution in [0.1, 0.15) is 0 Å². The van der Waals surface area contributed by atoms with Gasteiger partial charge in [0, 0.05) is 43.7 Å². The SMILES string of the molecule is c1ccc(-c2nc(-c3cc(-c4ccc(-n5c6ccccc6c6ccccc65)cc4)c4c(c3)oc3cc5ccccc5cc34)nc3ccccc23)cc1. The van der Waals surface area contributed by atoms with Gasteiger partial charge in [0.15, 0.2) is 5.82 Å². The average molecular weight is 664 g/mol. The number of fused-ring (bicyclic) bond motifs is 8. The quantitative estimate of drug-likeness (QED) is 0.188. The molecule has 3 heterocycles. The molecular weight excluding hydrogens is 635 g/mol. The second kappa shape index (κ2) is 11.2. The maximum atomic E-state index is 6.71. The first-order valence-electron chi connectivity index (χ1n) is 17.6. The average Bonchev–Trinajstić information content (AvgIpc) is 3.74. The summed E-state index contributed by atoms with van der Waals surface area (Å²) in [6.45, 7) is 0. The highest BCUT2D eigenvalue weighted by atomic mass is 16.3. The normalized spacial score (nSPS) is 11.8. The Hall–Kier alpha value is -7.04. The molecular formula is C48H29N3O. The molecule has 0 fully saturated rings. The Kier molecular flexibility index (Phi) is 6.22. The van der Waals surface area contributed by atoms with Gasteiger partial charge in [-0.2, -0.15) is 0 Å². The van der Waals surface area contributed by atoms with Crippen LogP contribution in [0.25, 0.3) is 105 Å². The van der Waals surface area contributed by atoms with E-state index in [-0.39, 0.29) is 0 Å². The Bertz CT molecular complexity index is 3120. The van der Waals surface area contributed by atoms with Crippen LogP contribution in [0, 0.1) is 0 Å². The fourth-order valence-electron chi connectivity index (χ4n) is 7.96. The summed E-state index contributed by atoms with van der Waals surface area (Å²) in [5, 5.41) is 8.02. The van der Waals surface area contributed by atoms with Crippen LogP contribution >= 0.6 is 0 Å². The molecule has 3 aromatic heterocycles. The lowest BCUT2D eigenvalue weighted by Gasteiger charge is -2.12. The molecule has 8 aromatic carbocycles. The van der Waals surface area contributed by atoms with E-state index in [9.17, 15) is 0 Å². The molecule has 0 aliphatic rings. The van der Waals surface area contributed by atoms with Crippen molar-refractivity contribution in [3.63, 3.8) is 0 Å². The molecule has 0 unspecified atom stereocenters. The third kappa shape index (κ3) is 4.41. The predicted octanol–water partition coefficient (Wildman–Crippen LogP) is 12.8. The second-order valence-corrected chi connectivity index (χ2v) is 13.4. The van der Waals surface area contributed by atoms with Crippen molar-refractivity contribution in [2.45, 2.75) is 0 Å². The van der Waals surface area contributed by atoms with Gasteiger partial charge in [0.2, 0.25) is 0 Å². The third-order valence-corrected chi connectivity index (χ3v) is 10.4. The molecule has 0 saturated heterocycles. The van der Waals surface area contributed by atoms with E-state index in [2.05, 4.69) is 162 Å². The summed E-state index contributed by atoms with van der Waals surface area (Å²) in [5.41, 5.74) is 11.1. The fourth-order valence-corrected chi connectivity index (χ4v) is 7.96. The largest absolute Gasteiger partial charge is 0.456 e. The van der Waals surface area contributed by atoms with Crippen molar-refractivity contribution in [1.82, 2.24) is 14.5 Å². The van der Waals surface area contributed by atoms with Crippen LogP contribution in [0.5, 0.6) is 0 Å². The van der Waals surface area contributed by atoms with Crippen molar-refractivity contribution in [3.8, 4) is 39.5 Å². The number of nitrogens with zero attached hydrogens (tertiary/aromatic N) is 3. The zero-order valence-corrected chi connectivity index (χ0v) is 28.0. The molecule has 11 rings (SSSR count). The van der Waals surface area contributed by atoms with E-state index in [0.717, 1.165) is 71.9 Å². The van der Waals surface area contributed by atoms with Gasteiger partial charge in [-0.15, -0.1) is 0 Å². The van der Waals surface area contributed by atoms with Crippen LogP contribution in [-0.4, -0.2) is 14.5 Å². The van der Waals surface area contributed by atoms with E-state index >= 15 is 0 Å².